The summed E-state index contributed by atoms with van der Waals surface area (Å²) in [5, 5.41) is 6.78. The van der Waals surface area contributed by atoms with Crippen molar-refractivity contribution >= 4 is 17.6 Å². The summed E-state index contributed by atoms with van der Waals surface area (Å²) in [6, 6.07) is 1.87. The van der Waals surface area contributed by atoms with E-state index in [-0.39, 0.29) is 17.5 Å². The third-order valence-corrected chi connectivity index (χ3v) is 4.54. The van der Waals surface area contributed by atoms with E-state index in [1.807, 2.05) is 20.8 Å². The highest BCUT2D eigenvalue weighted by molar-refractivity contribution is 6.39. The van der Waals surface area contributed by atoms with Gasteiger partial charge in [0.15, 0.2) is 0 Å². The average Bonchev–Trinajstić information content (AvgIpc) is 3.01. The summed E-state index contributed by atoms with van der Waals surface area (Å²) in [5.74, 6) is -0.579. The van der Waals surface area contributed by atoms with Crippen LogP contribution in [-0.2, 0) is 9.59 Å². The molecule has 1 aromatic heterocycles. The van der Waals surface area contributed by atoms with Crippen LogP contribution in [0, 0.1) is 5.41 Å². The van der Waals surface area contributed by atoms with Crippen molar-refractivity contribution in [3.8, 4) is 0 Å². The topological polar surface area (TPSA) is 67.2 Å². The van der Waals surface area contributed by atoms with Crippen molar-refractivity contribution in [3.63, 3.8) is 0 Å². The van der Waals surface area contributed by atoms with Gasteiger partial charge in [-0.1, -0.05) is 6.92 Å². The minimum Gasteiger partial charge on any atom is -0.334 e. The molecule has 6 heteroatoms. The fraction of sp³-hybridized carbons (Fsp3) is 0.667. The van der Waals surface area contributed by atoms with Gasteiger partial charge in [0.2, 0.25) is 0 Å². The van der Waals surface area contributed by atoms with Gasteiger partial charge in [0.1, 0.15) is 5.82 Å². The lowest BCUT2D eigenvalue weighted by Crippen LogP contribution is -2.45. The lowest BCUT2D eigenvalue weighted by atomic mass is 9.99. The number of carbonyl (C=O) groups is 2. The van der Waals surface area contributed by atoms with E-state index in [1.165, 1.54) is 0 Å². The Hall–Kier alpha value is -1.85. The fourth-order valence-corrected chi connectivity index (χ4v) is 2.41. The molecule has 1 aliphatic rings. The number of nitrogens with zero attached hydrogens (tertiary/aromatic N) is 3. The zero-order chi connectivity index (χ0) is 15.8. The molecule has 0 spiro atoms. The monoisotopic (exact) mass is 292 g/mol. The summed E-state index contributed by atoms with van der Waals surface area (Å²) in [6.45, 7) is 8.07. The molecular formula is C15H24N4O2. The molecule has 1 saturated carbocycles. The molecule has 0 radical (unpaired) electrons. The predicted octanol–water partition coefficient (Wildman–Crippen LogP) is 2.05. The first-order valence-electron chi connectivity index (χ1n) is 7.38. The molecular weight excluding hydrogens is 268 g/mol. The quantitative estimate of drug-likeness (QED) is 0.864. The summed E-state index contributed by atoms with van der Waals surface area (Å²) in [4.78, 5) is 25.9. The van der Waals surface area contributed by atoms with Gasteiger partial charge >= 0.3 is 11.8 Å². The van der Waals surface area contributed by atoms with Gasteiger partial charge in [-0.15, -0.1) is 0 Å². The van der Waals surface area contributed by atoms with Crippen molar-refractivity contribution in [1.29, 1.82) is 0 Å². The first kappa shape index (κ1) is 15.5. The van der Waals surface area contributed by atoms with E-state index in [9.17, 15) is 9.59 Å². The van der Waals surface area contributed by atoms with E-state index in [2.05, 4.69) is 17.3 Å². The maximum absolute atomic E-state index is 12.3. The van der Waals surface area contributed by atoms with Crippen molar-refractivity contribution in [2.75, 3.05) is 12.4 Å². The standard InChI is InChI=1S/C15H24N4O2/c1-10(2)19-12(6-9-16-19)17-13(20)14(21)18(5)11(3)15(4)7-8-15/h6,9-11H,7-8H2,1-5H3,(H,17,20)/t11-/m0/s1. The number of carbonyl (C=O) groups excluding carboxylic acids is 2. The molecule has 2 amide bonds. The minimum absolute atomic E-state index is 0.0609. The SMILES string of the molecule is CC(C)n1nccc1NC(=O)C(=O)N(C)[C@@H](C)C1(C)CC1. The molecule has 1 heterocycles. The molecule has 0 saturated heterocycles. The Morgan fingerprint density at radius 1 is 1.38 bits per heavy atom. The number of likely N-dealkylation sites (N-methyl/N-ethyl adjacent to an activating group) is 1. The number of amides is 2. The van der Waals surface area contributed by atoms with Crippen LogP contribution in [0.25, 0.3) is 0 Å². The highest BCUT2D eigenvalue weighted by Gasteiger charge is 2.45. The first-order valence-corrected chi connectivity index (χ1v) is 7.38. The largest absolute Gasteiger partial charge is 0.334 e. The maximum Gasteiger partial charge on any atom is 0.315 e. The lowest BCUT2D eigenvalue weighted by Gasteiger charge is -2.29. The fourth-order valence-electron chi connectivity index (χ4n) is 2.41. The van der Waals surface area contributed by atoms with Crippen LogP contribution in [-0.4, -0.2) is 39.6 Å². The van der Waals surface area contributed by atoms with Gasteiger partial charge in [0.25, 0.3) is 0 Å². The van der Waals surface area contributed by atoms with E-state index in [1.54, 1.807) is 28.9 Å². The van der Waals surface area contributed by atoms with E-state index < -0.39 is 11.8 Å². The molecule has 6 nitrogen and oxygen atoms in total. The van der Waals surface area contributed by atoms with E-state index in [0.29, 0.717) is 5.82 Å². The second kappa shape index (κ2) is 5.50. The number of aromatic nitrogens is 2. The van der Waals surface area contributed by atoms with Crippen molar-refractivity contribution in [1.82, 2.24) is 14.7 Å². The Morgan fingerprint density at radius 2 is 2.00 bits per heavy atom. The average molecular weight is 292 g/mol. The van der Waals surface area contributed by atoms with Gasteiger partial charge < -0.3 is 10.2 Å². The molecule has 1 fully saturated rings. The van der Waals surface area contributed by atoms with Gasteiger partial charge in [0, 0.05) is 25.2 Å². The first-order chi connectivity index (χ1) is 9.76. The zero-order valence-corrected chi connectivity index (χ0v) is 13.4. The highest BCUT2D eigenvalue weighted by atomic mass is 16.2. The van der Waals surface area contributed by atoms with Crippen molar-refractivity contribution in [2.24, 2.45) is 5.41 Å². The van der Waals surface area contributed by atoms with Gasteiger partial charge in [-0.3, -0.25) is 9.59 Å². The molecule has 0 bridgehead atoms. The molecule has 116 valence electrons. The number of rotatable bonds is 4. The molecule has 21 heavy (non-hydrogen) atoms. The number of hydrogen-bond donors (Lipinski definition) is 1. The highest BCUT2D eigenvalue weighted by Crippen LogP contribution is 2.49. The van der Waals surface area contributed by atoms with Gasteiger partial charge in [-0.2, -0.15) is 5.10 Å². The van der Waals surface area contributed by atoms with Crippen molar-refractivity contribution in [3.05, 3.63) is 12.3 Å². The van der Waals surface area contributed by atoms with E-state index in [4.69, 9.17) is 0 Å². The zero-order valence-electron chi connectivity index (χ0n) is 13.4. The third kappa shape index (κ3) is 3.09. The molecule has 1 atom stereocenters. The Morgan fingerprint density at radius 3 is 2.52 bits per heavy atom. The van der Waals surface area contributed by atoms with Crippen LogP contribution in [0.1, 0.15) is 46.6 Å². The van der Waals surface area contributed by atoms with Crippen LogP contribution >= 0.6 is 0 Å². The number of anilines is 1. The summed E-state index contributed by atoms with van der Waals surface area (Å²) >= 11 is 0. The summed E-state index contributed by atoms with van der Waals surface area (Å²) in [5.41, 5.74) is 0.157. The Bertz CT molecular complexity index is 546. The van der Waals surface area contributed by atoms with Crippen LogP contribution in [0.15, 0.2) is 12.3 Å². The van der Waals surface area contributed by atoms with Crippen LogP contribution in [0.4, 0.5) is 5.82 Å². The smallest absolute Gasteiger partial charge is 0.315 e. The molecule has 1 aliphatic carbocycles. The second-order valence-corrected chi connectivity index (χ2v) is 6.45. The lowest BCUT2D eigenvalue weighted by molar-refractivity contribution is -0.144. The van der Waals surface area contributed by atoms with Gasteiger partial charge in [-0.25, -0.2) is 4.68 Å². The Balaban J connectivity index is 2.02. The normalized spacial score (nSPS) is 17.4. The van der Waals surface area contributed by atoms with Crippen LogP contribution < -0.4 is 5.32 Å². The second-order valence-electron chi connectivity index (χ2n) is 6.45. The van der Waals surface area contributed by atoms with Crippen LogP contribution in [0.5, 0.6) is 0 Å². The summed E-state index contributed by atoms with van der Waals surface area (Å²) in [6.07, 6.45) is 3.82. The van der Waals surface area contributed by atoms with Gasteiger partial charge in [0.05, 0.1) is 6.20 Å². The van der Waals surface area contributed by atoms with Crippen LogP contribution in [0.2, 0.25) is 0 Å². The van der Waals surface area contributed by atoms with Crippen molar-refractivity contribution < 1.29 is 9.59 Å². The summed E-state index contributed by atoms with van der Waals surface area (Å²) < 4.78 is 1.68. The number of nitrogens with one attached hydrogen (secondary N) is 1. The van der Waals surface area contributed by atoms with Crippen LogP contribution in [0.3, 0.4) is 0 Å². The summed E-state index contributed by atoms with van der Waals surface area (Å²) in [7, 11) is 1.69. The number of hydrogen-bond acceptors (Lipinski definition) is 3. The maximum atomic E-state index is 12.3. The molecule has 0 unspecified atom stereocenters. The minimum atomic E-state index is -0.615. The molecule has 0 aliphatic heterocycles. The Labute approximate surface area is 125 Å². The van der Waals surface area contributed by atoms with E-state index in [0.717, 1.165) is 12.8 Å². The predicted molar refractivity (Wildman–Crippen MR) is 80.8 cm³/mol. The van der Waals surface area contributed by atoms with Crippen molar-refractivity contribution in [2.45, 2.75) is 52.6 Å². The Kier molecular flexibility index (Phi) is 4.07. The molecule has 0 aromatic carbocycles. The molecule has 1 N–H and O–H groups in total. The van der Waals surface area contributed by atoms with E-state index >= 15 is 0 Å². The molecule has 1 aromatic rings. The molecule has 2 rings (SSSR count). The third-order valence-electron chi connectivity index (χ3n) is 4.54. The van der Waals surface area contributed by atoms with Gasteiger partial charge in [-0.05, 0) is 39.0 Å².